The monoisotopic (exact) mass is 441 g/mol. The molecule has 0 radical (unpaired) electrons. The molecular formula is C20H17BINO2. The van der Waals surface area contributed by atoms with Gasteiger partial charge in [0.2, 0.25) is 11.0 Å². The van der Waals surface area contributed by atoms with Crippen LogP contribution in [0.1, 0.15) is 5.56 Å². The molecule has 2 N–H and O–H groups in total. The van der Waals surface area contributed by atoms with Gasteiger partial charge in [0.05, 0.1) is 0 Å². The smallest absolute Gasteiger partial charge is 0.488 e. The number of aromatic nitrogens is 1. The highest BCUT2D eigenvalue weighted by atomic mass is 127. The Bertz CT molecular complexity index is 982. The number of hydrogen-bond acceptors (Lipinski definition) is 2. The standard InChI is InChI=1S/C20H17BNO2.HI/c23-21(24)18-10-4-1-9-17(18)14-22-19-11-5-2-7-15(19)13-16-8-3-6-12-20(16)22;/h1-13,23-24H,14H2;1H/q+1;/p-1. The summed E-state index contributed by atoms with van der Waals surface area (Å²) in [4.78, 5) is 0. The maximum atomic E-state index is 9.66. The Labute approximate surface area is 163 Å². The zero-order valence-electron chi connectivity index (χ0n) is 13.5. The fourth-order valence-corrected chi connectivity index (χ4v) is 3.28. The van der Waals surface area contributed by atoms with Crippen LogP contribution in [0.15, 0.2) is 78.9 Å². The minimum atomic E-state index is -1.47. The summed E-state index contributed by atoms with van der Waals surface area (Å²) in [6.07, 6.45) is 0. The first-order chi connectivity index (χ1) is 11.7. The first-order valence-electron chi connectivity index (χ1n) is 7.98. The van der Waals surface area contributed by atoms with Crippen molar-refractivity contribution < 1.29 is 38.6 Å². The first kappa shape index (κ1) is 17.9. The Hall–Kier alpha value is -1.96. The molecule has 0 saturated heterocycles. The molecular weight excluding hydrogens is 424 g/mol. The molecule has 1 heterocycles. The van der Waals surface area contributed by atoms with Crippen LogP contribution in [0.3, 0.4) is 0 Å². The van der Waals surface area contributed by atoms with Crippen LogP contribution in [0.25, 0.3) is 21.8 Å². The summed E-state index contributed by atoms with van der Waals surface area (Å²) >= 11 is 0. The zero-order chi connectivity index (χ0) is 16.5. The Morgan fingerprint density at radius 2 is 1.24 bits per heavy atom. The Kier molecular flexibility index (Phi) is 5.37. The van der Waals surface area contributed by atoms with Crippen molar-refractivity contribution in [2.45, 2.75) is 6.54 Å². The fourth-order valence-electron chi connectivity index (χ4n) is 3.28. The average Bonchev–Trinajstić information content (AvgIpc) is 2.62. The van der Waals surface area contributed by atoms with Gasteiger partial charge in [-0.3, -0.25) is 0 Å². The normalized spacial score (nSPS) is 10.6. The minimum Gasteiger partial charge on any atom is -1.00 e. The summed E-state index contributed by atoms with van der Waals surface area (Å²) in [6.45, 7) is 0.579. The van der Waals surface area contributed by atoms with Gasteiger partial charge in [-0.25, -0.2) is 0 Å². The Balaban J connectivity index is 0.00000182. The van der Waals surface area contributed by atoms with Gasteiger partial charge in [-0.05, 0) is 23.7 Å². The lowest BCUT2D eigenvalue weighted by Gasteiger charge is -2.09. The third-order valence-electron chi connectivity index (χ3n) is 4.43. The minimum absolute atomic E-state index is 0. The molecule has 0 aliphatic rings. The second kappa shape index (κ2) is 7.51. The van der Waals surface area contributed by atoms with E-state index in [4.69, 9.17) is 0 Å². The van der Waals surface area contributed by atoms with Crippen LogP contribution in [0, 0.1) is 0 Å². The number of hydrogen-bond donors (Lipinski definition) is 2. The van der Waals surface area contributed by atoms with Crippen LogP contribution in [0.4, 0.5) is 0 Å². The fraction of sp³-hybridized carbons (Fsp3) is 0.0500. The maximum Gasteiger partial charge on any atom is 0.488 e. The lowest BCUT2D eigenvalue weighted by atomic mass is 9.77. The molecule has 0 aliphatic heterocycles. The van der Waals surface area contributed by atoms with Gasteiger partial charge >= 0.3 is 7.12 Å². The lowest BCUT2D eigenvalue weighted by molar-refractivity contribution is -0.635. The van der Waals surface area contributed by atoms with Gasteiger partial charge < -0.3 is 34.0 Å². The topological polar surface area (TPSA) is 44.3 Å². The van der Waals surface area contributed by atoms with Crippen LogP contribution >= 0.6 is 0 Å². The van der Waals surface area contributed by atoms with Crippen LogP contribution < -0.4 is 34.0 Å². The van der Waals surface area contributed by atoms with Gasteiger partial charge in [0.25, 0.3) is 0 Å². The predicted molar refractivity (Wildman–Crippen MR) is 97.0 cm³/mol. The highest BCUT2D eigenvalue weighted by molar-refractivity contribution is 6.59. The molecule has 124 valence electrons. The van der Waals surface area contributed by atoms with E-state index >= 15 is 0 Å². The van der Waals surface area contributed by atoms with Gasteiger partial charge in [-0.15, -0.1) is 0 Å². The molecule has 3 aromatic carbocycles. The van der Waals surface area contributed by atoms with E-state index in [1.54, 1.807) is 6.07 Å². The molecule has 0 aliphatic carbocycles. The molecule has 0 bridgehead atoms. The number of halogens is 1. The molecule has 0 fully saturated rings. The quantitative estimate of drug-likeness (QED) is 0.186. The van der Waals surface area contributed by atoms with E-state index in [0.29, 0.717) is 12.0 Å². The van der Waals surface area contributed by atoms with E-state index in [9.17, 15) is 10.0 Å². The summed E-state index contributed by atoms with van der Waals surface area (Å²) in [7, 11) is -1.47. The van der Waals surface area contributed by atoms with E-state index in [2.05, 4.69) is 34.9 Å². The molecule has 0 spiro atoms. The summed E-state index contributed by atoms with van der Waals surface area (Å²) in [5.74, 6) is 0. The number of benzene rings is 3. The maximum absolute atomic E-state index is 9.66. The summed E-state index contributed by atoms with van der Waals surface area (Å²) < 4.78 is 2.23. The largest absolute Gasteiger partial charge is 1.00 e. The molecule has 5 heteroatoms. The Morgan fingerprint density at radius 3 is 1.84 bits per heavy atom. The van der Waals surface area contributed by atoms with E-state index in [1.807, 2.05) is 42.5 Å². The van der Waals surface area contributed by atoms with Crippen molar-refractivity contribution in [1.29, 1.82) is 0 Å². The van der Waals surface area contributed by atoms with Crippen molar-refractivity contribution in [1.82, 2.24) is 0 Å². The second-order valence-electron chi connectivity index (χ2n) is 5.92. The average molecular weight is 441 g/mol. The molecule has 0 unspecified atom stereocenters. The van der Waals surface area contributed by atoms with Crippen molar-refractivity contribution in [3.8, 4) is 0 Å². The molecule has 4 rings (SSSR count). The van der Waals surface area contributed by atoms with Crippen molar-refractivity contribution in [3.63, 3.8) is 0 Å². The van der Waals surface area contributed by atoms with Crippen LogP contribution in [0.5, 0.6) is 0 Å². The summed E-state index contributed by atoms with van der Waals surface area (Å²) in [5.41, 5.74) is 3.69. The third-order valence-corrected chi connectivity index (χ3v) is 4.43. The highest BCUT2D eigenvalue weighted by Gasteiger charge is 2.21. The molecule has 4 aromatic rings. The van der Waals surface area contributed by atoms with Crippen molar-refractivity contribution in [2.75, 3.05) is 0 Å². The number of pyridine rings is 1. The SMILES string of the molecule is OB(O)c1ccccc1C[n+]1c2ccccc2cc2ccccc21.[I-]. The number of fused-ring (bicyclic) bond motifs is 2. The predicted octanol–water partition coefficient (Wildman–Crippen LogP) is -0.987. The van der Waals surface area contributed by atoms with E-state index in [1.165, 1.54) is 10.8 Å². The van der Waals surface area contributed by atoms with Gasteiger partial charge in [-0.2, -0.15) is 4.57 Å². The molecule has 25 heavy (non-hydrogen) atoms. The van der Waals surface area contributed by atoms with Crippen molar-refractivity contribution in [2.24, 2.45) is 0 Å². The van der Waals surface area contributed by atoms with E-state index < -0.39 is 7.12 Å². The highest BCUT2D eigenvalue weighted by Crippen LogP contribution is 2.18. The summed E-state index contributed by atoms with van der Waals surface area (Å²) in [6, 6.07) is 26.2. The molecule has 3 nitrogen and oxygen atoms in total. The van der Waals surface area contributed by atoms with Gasteiger partial charge in [-0.1, -0.05) is 48.5 Å². The van der Waals surface area contributed by atoms with Crippen LogP contribution in [-0.2, 0) is 6.54 Å². The third kappa shape index (κ3) is 3.40. The molecule has 0 atom stereocenters. The molecule has 0 amide bonds. The van der Waals surface area contributed by atoms with Gasteiger partial charge in [0.1, 0.15) is 0 Å². The van der Waals surface area contributed by atoms with E-state index in [0.717, 1.165) is 16.6 Å². The van der Waals surface area contributed by atoms with Crippen molar-refractivity contribution in [3.05, 3.63) is 84.4 Å². The second-order valence-corrected chi connectivity index (χ2v) is 5.92. The molecule has 1 aromatic heterocycles. The number of nitrogens with zero attached hydrogens (tertiary/aromatic N) is 1. The first-order valence-corrected chi connectivity index (χ1v) is 7.98. The Morgan fingerprint density at radius 1 is 0.720 bits per heavy atom. The summed E-state index contributed by atoms with van der Waals surface area (Å²) in [5, 5.41) is 21.6. The number of rotatable bonds is 3. The van der Waals surface area contributed by atoms with Crippen molar-refractivity contribution >= 4 is 34.4 Å². The lowest BCUT2D eigenvalue weighted by Crippen LogP contribution is -3.00. The van der Waals surface area contributed by atoms with Gasteiger partial charge in [0, 0.05) is 28.5 Å². The van der Waals surface area contributed by atoms with Crippen LogP contribution in [-0.4, -0.2) is 17.2 Å². The molecule has 0 saturated carbocycles. The van der Waals surface area contributed by atoms with E-state index in [-0.39, 0.29) is 24.0 Å². The van der Waals surface area contributed by atoms with Crippen LogP contribution in [0.2, 0.25) is 0 Å². The number of para-hydroxylation sites is 2. The van der Waals surface area contributed by atoms with Gasteiger partial charge in [0.15, 0.2) is 6.54 Å². The zero-order valence-corrected chi connectivity index (χ0v) is 15.7.